The number of rotatable bonds is 8. The fourth-order valence-corrected chi connectivity index (χ4v) is 3.17. The van der Waals surface area contributed by atoms with Gasteiger partial charge in [0.05, 0.1) is 5.51 Å². The van der Waals surface area contributed by atoms with Crippen molar-refractivity contribution in [3.63, 3.8) is 0 Å². The summed E-state index contributed by atoms with van der Waals surface area (Å²) in [5, 5.41) is 12.8. The van der Waals surface area contributed by atoms with Crippen LogP contribution in [0.2, 0.25) is 0 Å². The van der Waals surface area contributed by atoms with Crippen LogP contribution in [0, 0.1) is 0 Å². The van der Waals surface area contributed by atoms with Crippen molar-refractivity contribution in [2.75, 3.05) is 0 Å². The normalized spacial score (nSPS) is 10.5. The number of hydroxylamine groups is 1. The molecule has 2 heterocycles. The molecule has 0 fully saturated rings. The van der Waals surface area contributed by atoms with Gasteiger partial charge >= 0.3 is 0 Å². The van der Waals surface area contributed by atoms with Crippen molar-refractivity contribution in [1.82, 2.24) is 15.4 Å². The highest BCUT2D eigenvalue weighted by atomic mass is 32.1. The number of hydrogen-bond acceptors (Lipinski definition) is 7. The maximum absolute atomic E-state index is 12.0. The number of Topliss-reactive ketones (excluding diaryl/α,β-unsaturated/α-hetero) is 1. The van der Waals surface area contributed by atoms with E-state index in [4.69, 9.17) is 5.21 Å². The summed E-state index contributed by atoms with van der Waals surface area (Å²) in [5.41, 5.74) is 4.61. The van der Waals surface area contributed by atoms with Crippen LogP contribution >= 0.6 is 22.7 Å². The Labute approximate surface area is 129 Å². The van der Waals surface area contributed by atoms with Gasteiger partial charge in [0.2, 0.25) is 5.91 Å². The molecule has 8 heteroatoms. The van der Waals surface area contributed by atoms with E-state index in [0.29, 0.717) is 25.0 Å². The highest BCUT2D eigenvalue weighted by Gasteiger charge is 2.12. The summed E-state index contributed by atoms with van der Waals surface area (Å²) in [6.45, 7) is 0. The Morgan fingerprint density at radius 1 is 1.19 bits per heavy atom. The fourth-order valence-electron chi connectivity index (χ4n) is 1.77. The molecule has 0 atom stereocenters. The molecule has 0 radical (unpaired) electrons. The SMILES string of the molecule is O=C(CCCCCC(=O)c1csc(-c2cscn2)n1)NO. The lowest BCUT2D eigenvalue weighted by molar-refractivity contribution is -0.129. The quantitative estimate of drug-likeness (QED) is 0.337. The van der Waals surface area contributed by atoms with E-state index >= 15 is 0 Å². The van der Waals surface area contributed by atoms with Gasteiger partial charge in [-0.25, -0.2) is 15.4 Å². The maximum atomic E-state index is 12.0. The van der Waals surface area contributed by atoms with Gasteiger partial charge in [-0.15, -0.1) is 22.7 Å². The first-order chi connectivity index (χ1) is 10.2. The Morgan fingerprint density at radius 2 is 2.00 bits per heavy atom. The van der Waals surface area contributed by atoms with Gasteiger partial charge in [0.15, 0.2) is 5.78 Å². The smallest absolute Gasteiger partial charge is 0.243 e. The number of nitrogens with one attached hydrogen (secondary N) is 1. The molecular weight excluding hydrogens is 310 g/mol. The van der Waals surface area contributed by atoms with Crippen molar-refractivity contribution < 1.29 is 14.8 Å². The highest BCUT2D eigenvalue weighted by molar-refractivity contribution is 7.14. The highest BCUT2D eigenvalue weighted by Crippen LogP contribution is 2.24. The van der Waals surface area contributed by atoms with E-state index in [1.165, 1.54) is 22.7 Å². The third kappa shape index (κ3) is 4.69. The molecule has 0 aromatic carbocycles. The number of hydrogen-bond donors (Lipinski definition) is 2. The number of amides is 1. The monoisotopic (exact) mass is 325 g/mol. The average Bonchev–Trinajstić information content (AvgIpc) is 3.16. The van der Waals surface area contributed by atoms with Crippen LogP contribution < -0.4 is 5.48 Å². The van der Waals surface area contributed by atoms with Gasteiger partial charge < -0.3 is 0 Å². The zero-order chi connectivity index (χ0) is 15.1. The lowest BCUT2D eigenvalue weighted by atomic mass is 10.1. The summed E-state index contributed by atoms with van der Waals surface area (Å²) < 4.78 is 0. The standard InChI is InChI=1S/C13H15N3O3S2/c17-11(4-2-1-3-5-12(18)16-19)9-7-21-13(15-9)10-6-20-8-14-10/h6-8,19H,1-5H2,(H,16,18). The summed E-state index contributed by atoms with van der Waals surface area (Å²) in [5.74, 6) is -0.381. The fraction of sp³-hybridized carbons (Fsp3) is 0.385. The van der Waals surface area contributed by atoms with E-state index in [9.17, 15) is 9.59 Å². The average molecular weight is 325 g/mol. The summed E-state index contributed by atoms with van der Waals surface area (Å²) >= 11 is 2.91. The Balaban J connectivity index is 1.75. The third-order valence-electron chi connectivity index (χ3n) is 2.87. The van der Waals surface area contributed by atoms with Crippen LogP contribution in [-0.2, 0) is 4.79 Å². The van der Waals surface area contributed by atoms with Gasteiger partial charge in [0.1, 0.15) is 16.4 Å². The molecule has 21 heavy (non-hydrogen) atoms. The first kappa shape index (κ1) is 15.7. The minimum Gasteiger partial charge on any atom is -0.292 e. The van der Waals surface area contributed by atoms with E-state index < -0.39 is 5.91 Å². The van der Waals surface area contributed by atoms with E-state index in [2.05, 4.69) is 9.97 Å². The molecule has 0 saturated heterocycles. The van der Waals surface area contributed by atoms with Crippen molar-refractivity contribution in [2.24, 2.45) is 0 Å². The van der Waals surface area contributed by atoms with Crippen LogP contribution in [0.15, 0.2) is 16.3 Å². The molecule has 2 rings (SSSR count). The molecule has 0 bridgehead atoms. The third-order valence-corrected chi connectivity index (χ3v) is 4.32. The van der Waals surface area contributed by atoms with Gasteiger partial charge in [0.25, 0.3) is 0 Å². The van der Waals surface area contributed by atoms with E-state index in [1.54, 1.807) is 16.4 Å². The topological polar surface area (TPSA) is 92.2 Å². The lowest BCUT2D eigenvalue weighted by Crippen LogP contribution is -2.17. The van der Waals surface area contributed by atoms with Crippen molar-refractivity contribution in [1.29, 1.82) is 0 Å². The Hall–Kier alpha value is -1.64. The summed E-state index contributed by atoms with van der Waals surface area (Å²) in [6, 6.07) is 0. The molecule has 112 valence electrons. The van der Waals surface area contributed by atoms with Gasteiger partial charge in [-0.2, -0.15) is 0 Å². The molecule has 1 amide bonds. The first-order valence-electron chi connectivity index (χ1n) is 6.51. The number of aromatic nitrogens is 2. The number of ketones is 1. The van der Waals surface area contributed by atoms with Gasteiger partial charge in [0, 0.05) is 23.6 Å². The molecule has 0 spiro atoms. The van der Waals surface area contributed by atoms with Crippen LogP contribution in [0.1, 0.15) is 42.6 Å². The molecular formula is C13H15N3O3S2. The van der Waals surface area contributed by atoms with Gasteiger partial charge in [-0.1, -0.05) is 6.42 Å². The second-order valence-corrected chi connectivity index (χ2v) is 6.01. The molecule has 0 aliphatic carbocycles. The predicted octanol–water partition coefficient (Wildman–Crippen LogP) is 2.91. The second-order valence-electron chi connectivity index (χ2n) is 4.43. The number of thiazole rings is 2. The minimum atomic E-state index is -0.395. The number of carbonyl (C=O) groups is 2. The molecule has 2 aromatic heterocycles. The first-order valence-corrected chi connectivity index (χ1v) is 8.33. The summed E-state index contributed by atoms with van der Waals surface area (Å²) in [7, 11) is 0. The van der Waals surface area contributed by atoms with Crippen LogP contribution in [-0.4, -0.2) is 26.9 Å². The van der Waals surface area contributed by atoms with Crippen molar-refractivity contribution in [3.8, 4) is 10.7 Å². The van der Waals surface area contributed by atoms with Crippen LogP contribution in [0.5, 0.6) is 0 Å². The molecule has 0 unspecified atom stereocenters. The molecule has 6 nitrogen and oxygen atoms in total. The number of carbonyl (C=O) groups excluding carboxylic acids is 2. The van der Waals surface area contributed by atoms with Crippen molar-refractivity contribution >= 4 is 34.4 Å². The van der Waals surface area contributed by atoms with Crippen molar-refractivity contribution in [2.45, 2.75) is 32.1 Å². The maximum Gasteiger partial charge on any atom is 0.243 e. The predicted molar refractivity (Wildman–Crippen MR) is 80.6 cm³/mol. The van der Waals surface area contributed by atoms with E-state index in [0.717, 1.165) is 17.1 Å². The molecule has 0 aliphatic heterocycles. The second kappa shape index (κ2) is 7.96. The zero-order valence-corrected chi connectivity index (χ0v) is 12.9. The molecule has 0 aliphatic rings. The largest absolute Gasteiger partial charge is 0.292 e. The minimum absolute atomic E-state index is 0.0133. The van der Waals surface area contributed by atoms with Crippen LogP contribution in [0.3, 0.4) is 0 Å². The number of unbranched alkanes of at least 4 members (excludes halogenated alkanes) is 2. The van der Waals surface area contributed by atoms with Crippen LogP contribution in [0.4, 0.5) is 0 Å². The molecule has 0 saturated carbocycles. The lowest BCUT2D eigenvalue weighted by Gasteiger charge is -1.99. The van der Waals surface area contributed by atoms with Gasteiger partial charge in [-0.3, -0.25) is 14.8 Å². The van der Waals surface area contributed by atoms with Crippen LogP contribution in [0.25, 0.3) is 10.7 Å². The zero-order valence-electron chi connectivity index (χ0n) is 11.2. The summed E-state index contributed by atoms with van der Waals surface area (Å²) in [6.07, 6.45) is 2.82. The number of nitrogens with zero attached hydrogens (tertiary/aromatic N) is 2. The molecule has 2 aromatic rings. The van der Waals surface area contributed by atoms with E-state index in [1.807, 2.05) is 5.38 Å². The Kier molecular flexibility index (Phi) is 5.97. The Bertz CT molecular complexity index is 596. The van der Waals surface area contributed by atoms with E-state index in [-0.39, 0.29) is 12.2 Å². The van der Waals surface area contributed by atoms with Gasteiger partial charge in [-0.05, 0) is 12.8 Å². The summed E-state index contributed by atoms with van der Waals surface area (Å²) in [4.78, 5) is 31.3. The molecule has 2 N–H and O–H groups in total. The van der Waals surface area contributed by atoms with Crippen molar-refractivity contribution in [3.05, 3.63) is 22.0 Å². The Morgan fingerprint density at radius 3 is 2.71 bits per heavy atom.